The van der Waals surface area contributed by atoms with E-state index in [1.807, 2.05) is 6.92 Å². The van der Waals surface area contributed by atoms with Crippen molar-refractivity contribution in [1.82, 2.24) is 5.43 Å². The standard InChI is InChI=1S/C19H22N4O6/c1-4-29-15-7-5-14(6-8-15)20-12-19(24)22-21-11-13-9-17(27-2)18(28-3)10-16(13)23(25)26/h5-11,20H,4,12H2,1-3H3,(H,22,24)/b21-11+. The third-order valence-corrected chi connectivity index (χ3v) is 3.74. The fraction of sp³-hybridized carbons (Fsp3) is 0.263. The van der Waals surface area contributed by atoms with Crippen LogP contribution in [0.4, 0.5) is 11.4 Å². The Bertz CT molecular complexity index is 883. The fourth-order valence-electron chi connectivity index (χ4n) is 2.38. The van der Waals surface area contributed by atoms with Crippen molar-refractivity contribution in [3.8, 4) is 17.2 Å². The molecule has 10 nitrogen and oxygen atoms in total. The van der Waals surface area contributed by atoms with Crippen molar-refractivity contribution in [1.29, 1.82) is 0 Å². The van der Waals surface area contributed by atoms with E-state index in [0.29, 0.717) is 12.4 Å². The Balaban J connectivity index is 1.97. The third kappa shape index (κ3) is 6.09. The molecular formula is C19H22N4O6. The zero-order valence-corrected chi connectivity index (χ0v) is 16.3. The first-order valence-corrected chi connectivity index (χ1v) is 8.67. The van der Waals surface area contributed by atoms with Crippen LogP contribution in [0.2, 0.25) is 0 Å². The van der Waals surface area contributed by atoms with Gasteiger partial charge in [-0.1, -0.05) is 0 Å². The van der Waals surface area contributed by atoms with Crippen LogP contribution in [-0.4, -0.2) is 44.4 Å². The first-order chi connectivity index (χ1) is 14.0. The number of nitrogens with zero attached hydrogens (tertiary/aromatic N) is 2. The summed E-state index contributed by atoms with van der Waals surface area (Å²) in [5.74, 6) is 0.852. The number of methoxy groups -OCH3 is 2. The van der Waals surface area contributed by atoms with Crippen LogP contribution in [0, 0.1) is 10.1 Å². The molecule has 2 aromatic carbocycles. The molecule has 2 N–H and O–H groups in total. The maximum absolute atomic E-state index is 11.9. The molecule has 0 fully saturated rings. The van der Waals surface area contributed by atoms with Crippen molar-refractivity contribution in [3.63, 3.8) is 0 Å². The van der Waals surface area contributed by atoms with Crippen LogP contribution in [0.3, 0.4) is 0 Å². The average molecular weight is 402 g/mol. The maximum atomic E-state index is 11.9. The summed E-state index contributed by atoms with van der Waals surface area (Å²) in [6.07, 6.45) is 1.18. The number of carbonyl (C=O) groups excluding carboxylic acids is 1. The molecule has 154 valence electrons. The number of nitrogens with one attached hydrogen (secondary N) is 2. The molecule has 0 radical (unpaired) electrons. The minimum absolute atomic E-state index is 0.0284. The fourth-order valence-corrected chi connectivity index (χ4v) is 2.38. The summed E-state index contributed by atoms with van der Waals surface area (Å²) >= 11 is 0. The van der Waals surface area contributed by atoms with Crippen LogP contribution in [0.5, 0.6) is 17.2 Å². The number of carbonyl (C=O) groups is 1. The molecule has 0 aliphatic carbocycles. The summed E-state index contributed by atoms with van der Waals surface area (Å²) < 4.78 is 15.5. The summed E-state index contributed by atoms with van der Waals surface area (Å²) in [6, 6.07) is 9.79. The Morgan fingerprint density at radius 1 is 1.17 bits per heavy atom. The molecule has 1 amide bonds. The summed E-state index contributed by atoms with van der Waals surface area (Å²) in [6.45, 7) is 2.44. The van der Waals surface area contributed by atoms with E-state index in [-0.39, 0.29) is 23.5 Å². The molecule has 0 aromatic heterocycles. The van der Waals surface area contributed by atoms with Crippen molar-refractivity contribution in [2.45, 2.75) is 6.92 Å². The molecule has 2 rings (SSSR count). The number of nitro benzene ring substituents is 1. The molecule has 0 saturated heterocycles. The molecule has 0 spiro atoms. The molecule has 0 atom stereocenters. The monoisotopic (exact) mass is 402 g/mol. The van der Waals surface area contributed by atoms with Crippen molar-refractivity contribution >= 4 is 23.5 Å². The average Bonchev–Trinajstić information content (AvgIpc) is 2.72. The number of nitro groups is 1. The quantitative estimate of drug-likeness (QED) is 0.355. The van der Waals surface area contributed by atoms with Gasteiger partial charge in [-0.15, -0.1) is 0 Å². The number of hydrogen-bond donors (Lipinski definition) is 2. The predicted molar refractivity (Wildman–Crippen MR) is 108 cm³/mol. The highest BCUT2D eigenvalue weighted by Gasteiger charge is 2.18. The highest BCUT2D eigenvalue weighted by molar-refractivity contribution is 5.88. The highest BCUT2D eigenvalue weighted by Crippen LogP contribution is 2.33. The lowest BCUT2D eigenvalue weighted by Gasteiger charge is -2.08. The summed E-state index contributed by atoms with van der Waals surface area (Å²) in [5, 5.41) is 18.0. The van der Waals surface area contributed by atoms with Gasteiger partial charge in [0.15, 0.2) is 11.5 Å². The van der Waals surface area contributed by atoms with Gasteiger partial charge in [-0.3, -0.25) is 14.9 Å². The second kappa shape index (κ2) is 10.5. The van der Waals surface area contributed by atoms with Crippen molar-refractivity contribution < 1.29 is 23.9 Å². The molecule has 0 aliphatic heterocycles. The lowest BCUT2D eigenvalue weighted by molar-refractivity contribution is -0.385. The van der Waals surface area contributed by atoms with E-state index in [1.54, 1.807) is 24.3 Å². The van der Waals surface area contributed by atoms with Crippen LogP contribution in [0.1, 0.15) is 12.5 Å². The van der Waals surface area contributed by atoms with E-state index in [1.165, 1.54) is 32.6 Å². The topological polar surface area (TPSA) is 124 Å². The molecule has 0 saturated carbocycles. The second-order valence-corrected chi connectivity index (χ2v) is 5.63. The lowest BCUT2D eigenvalue weighted by atomic mass is 10.1. The minimum Gasteiger partial charge on any atom is -0.494 e. The van der Waals surface area contributed by atoms with Gasteiger partial charge in [-0.05, 0) is 37.3 Å². The van der Waals surface area contributed by atoms with E-state index in [9.17, 15) is 14.9 Å². The van der Waals surface area contributed by atoms with Crippen LogP contribution in [0.15, 0.2) is 41.5 Å². The molecular weight excluding hydrogens is 380 g/mol. The largest absolute Gasteiger partial charge is 0.494 e. The normalized spacial score (nSPS) is 10.4. The van der Waals surface area contributed by atoms with Gasteiger partial charge in [-0.2, -0.15) is 5.10 Å². The number of benzene rings is 2. The van der Waals surface area contributed by atoms with Crippen molar-refractivity contribution in [3.05, 3.63) is 52.1 Å². The molecule has 2 aromatic rings. The van der Waals surface area contributed by atoms with E-state index in [4.69, 9.17) is 14.2 Å². The van der Waals surface area contributed by atoms with Gasteiger partial charge < -0.3 is 19.5 Å². The highest BCUT2D eigenvalue weighted by atomic mass is 16.6. The SMILES string of the molecule is CCOc1ccc(NCC(=O)N/N=C/c2cc(OC)c(OC)cc2[N+](=O)[O-])cc1. The van der Waals surface area contributed by atoms with E-state index >= 15 is 0 Å². The number of ether oxygens (including phenoxy) is 3. The first-order valence-electron chi connectivity index (χ1n) is 8.67. The van der Waals surface area contributed by atoms with Crippen LogP contribution >= 0.6 is 0 Å². The van der Waals surface area contributed by atoms with E-state index < -0.39 is 10.8 Å². The smallest absolute Gasteiger partial charge is 0.282 e. The Hall–Kier alpha value is -3.82. The maximum Gasteiger partial charge on any atom is 0.282 e. The first kappa shape index (κ1) is 21.5. The lowest BCUT2D eigenvalue weighted by Crippen LogP contribution is -2.25. The Morgan fingerprint density at radius 3 is 2.41 bits per heavy atom. The number of hydrogen-bond acceptors (Lipinski definition) is 8. The van der Waals surface area contributed by atoms with Crippen LogP contribution < -0.4 is 25.0 Å². The molecule has 0 bridgehead atoms. The summed E-state index contributed by atoms with van der Waals surface area (Å²) in [4.78, 5) is 22.6. The number of amides is 1. The van der Waals surface area contributed by atoms with Gasteiger partial charge in [0.1, 0.15) is 5.75 Å². The Kier molecular flexibility index (Phi) is 7.78. The van der Waals surface area contributed by atoms with Crippen LogP contribution in [0.25, 0.3) is 0 Å². The number of anilines is 1. The van der Waals surface area contributed by atoms with Gasteiger partial charge in [-0.25, -0.2) is 5.43 Å². The van der Waals surface area contributed by atoms with Gasteiger partial charge in [0.05, 0.1) is 50.1 Å². The van der Waals surface area contributed by atoms with Gasteiger partial charge in [0, 0.05) is 5.69 Å². The molecule has 0 aliphatic rings. The summed E-state index contributed by atoms with van der Waals surface area (Å²) in [5.41, 5.74) is 2.98. The number of hydrazone groups is 1. The molecule has 10 heteroatoms. The predicted octanol–water partition coefficient (Wildman–Crippen LogP) is 2.57. The van der Waals surface area contributed by atoms with Crippen LogP contribution in [-0.2, 0) is 4.79 Å². The Morgan fingerprint density at radius 2 is 1.83 bits per heavy atom. The van der Waals surface area contributed by atoms with Gasteiger partial charge >= 0.3 is 0 Å². The van der Waals surface area contributed by atoms with E-state index in [2.05, 4.69) is 15.8 Å². The molecule has 0 unspecified atom stereocenters. The van der Waals surface area contributed by atoms with Gasteiger partial charge in [0.2, 0.25) is 0 Å². The number of rotatable bonds is 10. The van der Waals surface area contributed by atoms with Crippen molar-refractivity contribution in [2.75, 3.05) is 32.7 Å². The van der Waals surface area contributed by atoms with Gasteiger partial charge in [0.25, 0.3) is 11.6 Å². The van der Waals surface area contributed by atoms with E-state index in [0.717, 1.165) is 11.4 Å². The third-order valence-electron chi connectivity index (χ3n) is 3.74. The molecule has 0 heterocycles. The zero-order chi connectivity index (χ0) is 21.2. The zero-order valence-electron chi connectivity index (χ0n) is 16.3. The minimum atomic E-state index is -0.571. The Labute approximate surface area is 167 Å². The summed E-state index contributed by atoms with van der Waals surface area (Å²) in [7, 11) is 2.80. The van der Waals surface area contributed by atoms with Crippen molar-refractivity contribution in [2.24, 2.45) is 5.10 Å². The second-order valence-electron chi connectivity index (χ2n) is 5.63. The molecule has 29 heavy (non-hydrogen) atoms.